The Morgan fingerprint density at radius 2 is 2.05 bits per heavy atom. The highest BCUT2D eigenvalue weighted by Gasteiger charge is 2.39. The number of rotatable bonds is 4. The summed E-state index contributed by atoms with van der Waals surface area (Å²) in [7, 11) is 0. The molecule has 1 fully saturated rings. The standard InChI is InChI=1S/C16H19FN2O2/c17-13-7-3-2-6-12(13)14(20)10-19-15(21)16(11-18)8-4-1-5-9-16/h2-3,6-7,14,20H,1,4-5,8-10H2,(H,19,21). The van der Waals surface area contributed by atoms with Gasteiger partial charge in [0.05, 0.1) is 12.2 Å². The molecule has 0 saturated heterocycles. The summed E-state index contributed by atoms with van der Waals surface area (Å²) in [6, 6.07) is 8.03. The van der Waals surface area contributed by atoms with Crippen LogP contribution in [0.2, 0.25) is 0 Å². The highest BCUT2D eigenvalue weighted by molar-refractivity contribution is 5.85. The zero-order valence-corrected chi connectivity index (χ0v) is 11.8. The monoisotopic (exact) mass is 290 g/mol. The van der Waals surface area contributed by atoms with Gasteiger partial charge in [-0.1, -0.05) is 37.5 Å². The molecule has 21 heavy (non-hydrogen) atoms. The summed E-state index contributed by atoms with van der Waals surface area (Å²) < 4.78 is 13.5. The van der Waals surface area contributed by atoms with Crippen LogP contribution in [0.5, 0.6) is 0 Å². The number of nitrogens with one attached hydrogen (secondary N) is 1. The Hall–Kier alpha value is -1.93. The Morgan fingerprint density at radius 3 is 2.67 bits per heavy atom. The third-order valence-electron chi connectivity index (χ3n) is 4.08. The van der Waals surface area contributed by atoms with Crippen molar-refractivity contribution in [1.82, 2.24) is 5.32 Å². The van der Waals surface area contributed by atoms with Gasteiger partial charge in [-0.05, 0) is 18.9 Å². The Kier molecular flexibility index (Phi) is 4.92. The Labute approximate surface area is 123 Å². The van der Waals surface area contributed by atoms with E-state index < -0.39 is 17.3 Å². The molecule has 2 N–H and O–H groups in total. The molecular weight excluding hydrogens is 271 g/mol. The molecule has 1 aromatic rings. The first-order valence-corrected chi connectivity index (χ1v) is 7.21. The number of carbonyl (C=O) groups excluding carboxylic acids is 1. The van der Waals surface area contributed by atoms with E-state index in [1.54, 1.807) is 6.07 Å². The molecule has 112 valence electrons. The smallest absolute Gasteiger partial charge is 0.240 e. The maximum absolute atomic E-state index is 13.5. The molecule has 2 rings (SSSR count). The summed E-state index contributed by atoms with van der Waals surface area (Å²) in [6.45, 7) is -0.0941. The lowest BCUT2D eigenvalue weighted by atomic mass is 9.74. The van der Waals surface area contributed by atoms with Crippen molar-refractivity contribution in [1.29, 1.82) is 5.26 Å². The zero-order chi connectivity index (χ0) is 15.3. The number of hydrogen-bond acceptors (Lipinski definition) is 3. The first-order chi connectivity index (χ1) is 10.1. The Balaban J connectivity index is 1.97. The number of hydrogen-bond donors (Lipinski definition) is 2. The van der Waals surface area contributed by atoms with Gasteiger partial charge in [0.1, 0.15) is 11.2 Å². The molecular formula is C16H19FN2O2. The molecule has 1 unspecified atom stereocenters. The van der Waals surface area contributed by atoms with Crippen LogP contribution in [0, 0.1) is 22.6 Å². The van der Waals surface area contributed by atoms with E-state index in [0.29, 0.717) is 12.8 Å². The second-order valence-corrected chi connectivity index (χ2v) is 5.50. The van der Waals surface area contributed by atoms with Crippen molar-refractivity contribution in [2.45, 2.75) is 38.2 Å². The van der Waals surface area contributed by atoms with Crippen molar-refractivity contribution in [2.75, 3.05) is 6.54 Å². The molecule has 1 aromatic carbocycles. The third-order valence-corrected chi connectivity index (χ3v) is 4.08. The summed E-state index contributed by atoms with van der Waals surface area (Å²) in [6.07, 6.45) is 2.73. The summed E-state index contributed by atoms with van der Waals surface area (Å²) in [5, 5.41) is 21.9. The van der Waals surface area contributed by atoms with Gasteiger partial charge in [-0.25, -0.2) is 4.39 Å². The van der Waals surface area contributed by atoms with E-state index in [2.05, 4.69) is 11.4 Å². The average Bonchev–Trinajstić information content (AvgIpc) is 2.53. The number of halogens is 1. The highest BCUT2D eigenvalue weighted by atomic mass is 19.1. The molecule has 5 heteroatoms. The van der Waals surface area contributed by atoms with Gasteiger partial charge in [0.2, 0.25) is 5.91 Å². The van der Waals surface area contributed by atoms with Gasteiger partial charge >= 0.3 is 0 Å². The lowest BCUT2D eigenvalue weighted by Gasteiger charge is -2.29. The van der Waals surface area contributed by atoms with Gasteiger partial charge in [0.25, 0.3) is 0 Å². The number of benzene rings is 1. The van der Waals surface area contributed by atoms with E-state index in [1.807, 2.05) is 0 Å². The Morgan fingerprint density at radius 1 is 1.38 bits per heavy atom. The van der Waals surface area contributed by atoms with Crippen LogP contribution in [0.1, 0.15) is 43.8 Å². The number of aliphatic hydroxyl groups is 1. The summed E-state index contributed by atoms with van der Waals surface area (Å²) in [4.78, 5) is 12.2. The number of nitrogens with zero attached hydrogens (tertiary/aromatic N) is 1. The molecule has 0 spiro atoms. The fourth-order valence-electron chi connectivity index (χ4n) is 2.76. The van der Waals surface area contributed by atoms with Gasteiger partial charge in [0.15, 0.2) is 0 Å². The van der Waals surface area contributed by atoms with E-state index >= 15 is 0 Å². The lowest BCUT2D eigenvalue weighted by Crippen LogP contribution is -2.42. The normalized spacial score (nSPS) is 18.5. The molecule has 1 atom stereocenters. The van der Waals surface area contributed by atoms with Crippen molar-refractivity contribution in [3.05, 3.63) is 35.6 Å². The summed E-state index contributed by atoms with van der Waals surface area (Å²) in [5.41, 5.74) is -0.847. The highest BCUT2D eigenvalue weighted by Crippen LogP contribution is 2.35. The molecule has 4 nitrogen and oxygen atoms in total. The van der Waals surface area contributed by atoms with E-state index in [0.717, 1.165) is 19.3 Å². The molecule has 1 saturated carbocycles. The number of carbonyl (C=O) groups is 1. The molecule has 0 radical (unpaired) electrons. The molecule has 0 bridgehead atoms. The SMILES string of the molecule is N#CC1(C(=O)NCC(O)c2ccccc2F)CCCCC1. The van der Waals surface area contributed by atoms with Crippen LogP contribution in [0.15, 0.2) is 24.3 Å². The second-order valence-electron chi connectivity index (χ2n) is 5.50. The average molecular weight is 290 g/mol. The van der Waals surface area contributed by atoms with Crippen LogP contribution in [0.3, 0.4) is 0 Å². The van der Waals surface area contributed by atoms with Crippen molar-refractivity contribution >= 4 is 5.91 Å². The minimum absolute atomic E-state index is 0.0941. The summed E-state index contributed by atoms with van der Waals surface area (Å²) in [5.74, 6) is -0.869. The van der Waals surface area contributed by atoms with E-state index in [1.165, 1.54) is 18.2 Å². The van der Waals surface area contributed by atoms with Crippen LogP contribution >= 0.6 is 0 Å². The fraction of sp³-hybridized carbons (Fsp3) is 0.500. The maximum Gasteiger partial charge on any atom is 0.240 e. The zero-order valence-electron chi connectivity index (χ0n) is 11.8. The largest absolute Gasteiger partial charge is 0.386 e. The molecule has 0 aliphatic heterocycles. The van der Waals surface area contributed by atoms with Crippen molar-refractivity contribution in [3.8, 4) is 6.07 Å². The predicted molar refractivity (Wildman–Crippen MR) is 75.5 cm³/mol. The van der Waals surface area contributed by atoms with Crippen LogP contribution in [0.4, 0.5) is 4.39 Å². The van der Waals surface area contributed by atoms with Gasteiger partial charge in [0, 0.05) is 12.1 Å². The Bertz CT molecular complexity index is 547. The first kappa shape index (κ1) is 15.5. The minimum atomic E-state index is -1.12. The van der Waals surface area contributed by atoms with Gasteiger partial charge in [-0.3, -0.25) is 4.79 Å². The molecule has 1 aliphatic rings. The van der Waals surface area contributed by atoms with Crippen molar-refractivity contribution < 1.29 is 14.3 Å². The predicted octanol–water partition coefficient (Wildman–Crippen LogP) is 2.45. The number of aliphatic hydroxyl groups excluding tert-OH is 1. The van der Waals surface area contributed by atoms with E-state index in [-0.39, 0.29) is 18.0 Å². The number of nitriles is 1. The first-order valence-electron chi connectivity index (χ1n) is 7.21. The van der Waals surface area contributed by atoms with Crippen LogP contribution in [-0.4, -0.2) is 17.6 Å². The van der Waals surface area contributed by atoms with Crippen LogP contribution < -0.4 is 5.32 Å². The van der Waals surface area contributed by atoms with Crippen LogP contribution in [-0.2, 0) is 4.79 Å². The van der Waals surface area contributed by atoms with E-state index in [9.17, 15) is 19.6 Å². The maximum atomic E-state index is 13.5. The number of amides is 1. The van der Waals surface area contributed by atoms with Crippen molar-refractivity contribution in [2.24, 2.45) is 5.41 Å². The van der Waals surface area contributed by atoms with Gasteiger partial charge in [-0.15, -0.1) is 0 Å². The molecule has 1 amide bonds. The second kappa shape index (κ2) is 6.68. The van der Waals surface area contributed by atoms with Crippen molar-refractivity contribution in [3.63, 3.8) is 0 Å². The topological polar surface area (TPSA) is 73.1 Å². The van der Waals surface area contributed by atoms with Gasteiger partial charge < -0.3 is 10.4 Å². The summed E-state index contributed by atoms with van der Waals surface area (Å²) >= 11 is 0. The lowest BCUT2D eigenvalue weighted by molar-refractivity contribution is -0.130. The quantitative estimate of drug-likeness (QED) is 0.894. The fourth-order valence-corrected chi connectivity index (χ4v) is 2.76. The van der Waals surface area contributed by atoms with Gasteiger partial charge in [-0.2, -0.15) is 5.26 Å². The molecule has 1 aliphatic carbocycles. The third kappa shape index (κ3) is 3.40. The van der Waals surface area contributed by atoms with Crippen LogP contribution in [0.25, 0.3) is 0 Å². The molecule has 0 aromatic heterocycles. The minimum Gasteiger partial charge on any atom is -0.386 e. The van der Waals surface area contributed by atoms with E-state index in [4.69, 9.17) is 0 Å². The molecule has 0 heterocycles.